The first-order valence-electron chi connectivity index (χ1n) is 9.24. The molecule has 0 amide bonds. The first-order chi connectivity index (χ1) is 14.1. The van der Waals surface area contributed by atoms with Crippen LogP contribution in [0.5, 0.6) is 0 Å². The lowest BCUT2D eigenvalue weighted by molar-refractivity contribution is -0.615. The number of carbonyl (C=O) groups is 1. The first kappa shape index (κ1) is 22.6. The second-order valence-electron chi connectivity index (χ2n) is 7.31. The molecule has 0 aliphatic carbocycles. The zero-order chi connectivity index (χ0) is 22.2. The highest BCUT2D eigenvalue weighted by Crippen LogP contribution is 2.35. The number of hydrogen-bond donors (Lipinski definition) is 1. The fraction of sp³-hybridized carbons (Fsp3) is 0.286. The second kappa shape index (κ2) is 8.96. The number of halogens is 3. The van der Waals surface area contributed by atoms with E-state index in [9.17, 15) is 15.1 Å². The zero-order valence-electron chi connectivity index (χ0n) is 16.6. The molecule has 30 heavy (non-hydrogen) atoms. The Kier molecular flexibility index (Phi) is 6.75. The number of imidazole rings is 1. The van der Waals surface area contributed by atoms with Gasteiger partial charge in [-0.3, -0.25) is 0 Å². The summed E-state index contributed by atoms with van der Waals surface area (Å²) in [5.41, 5.74) is 2.61. The average molecular weight is 513 g/mol. The Labute approximate surface area is 192 Å². The average Bonchev–Trinajstić information content (AvgIpc) is 3.00. The summed E-state index contributed by atoms with van der Waals surface area (Å²) in [6.45, 7) is 5.80. The maximum Gasteiger partial charge on any atom is 0.356 e. The fourth-order valence-corrected chi connectivity index (χ4v) is 4.68. The Morgan fingerprint density at radius 1 is 1.27 bits per heavy atom. The van der Waals surface area contributed by atoms with E-state index in [-0.39, 0.29) is 11.7 Å². The molecule has 0 aliphatic heterocycles. The van der Waals surface area contributed by atoms with Gasteiger partial charge >= 0.3 is 5.97 Å². The minimum atomic E-state index is -1.16. The van der Waals surface area contributed by atoms with Gasteiger partial charge in [0.05, 0.1) is 11.6 Å². The quantitative estimate of drug-likeness (QED) is 0.347. The van der Waals surface area contributed by atoms with Crippen molar-refractivity contribution in [2.24, 2.45) is 0 Å². The maximum absolute atomic E-state index is 12.8. The predicted molar refractivity (Wildman–Crippen MR) is 119 cm³/mol. The van der Waals surface area contributed by atoms with E-state index in [1.165, 1.54) is 6.20 Å². The molecule has 1 aromatic carbocycles. The van der Waals surface area contributed by atoms with E-state index >= 15 is 0 Å². The van der Waals surface area contributed by atoms with E-state index in [0.717, 1.165) is 11.1 Å². The third-order valence-electron chi connectivity index (χ3n) is 4.95. The number of aryl methyl sites for hydroxylation is 1. The standard InChI is InChI=1S/C21H20BrCl2N3O3/c1-11(2)27-19(18(20(28)29)25-21(27)22)16(17-7-6-15(24)10-26(17)30)9-13-8-14(23)5-4-12(13)3/h4-8,10-11,16H,9H2,1-3H3,(H,28,29). The molecular weight excluding hydrogens is 493 g/mol. The fourth-order valence-electron chi connectivity index (χ4n) is 3.56. The second-order valence-corrected chi connectivity index (χ2v) is 8.89. The van der Waals surface area contributed by atoms with Gasteiger partial charge in [0.25, 0.3) is 0 Å². The number of carboxylic acid groups (broad SMARTS) is 1. The van der Waals surface area contributed by atoms with Crippen LogP contribution in [0.15, 0.2) is 41.3 Å². The monoisotopic (exact) mass is 511 g/mol. The third kappa shape index (κ3) is 4.48. The van der Waals surface area contributed by atoms with Crippen LogP contribution in [0.1, 0.15) is 58.8 Å². The van der Waals surface area contributed by atoms with Crippen molar-refractivity contribution in [2.75, 3.05) is 0 Å². The van der Waals surface area contributed by atoms with E-state index in [4.69, 9.17) is 23.2 Å². The van der Waals surface area contributed by atoms with E-state index in [1.807, 2.05) is 32.9 Å². The number of hydrogen-bond acceptors (Lipinski definition) is 3. The molecule has 0 bridgehead atoms. The summed E-state index contributed by atoms with van der Waals surface area (Å²) in [4.78, 5) is 16.3. The highest BCUT2D eigenvalue weighted by molar-refractivity contribution is 9.10. The molecule has 9 heteroatoms. The van der Waals surface area contributed by atoms with Crippen LogP contribution < -0.4 is 4.73 Å². The van der Waals surface area contributed by atoms with Gasteiger partial charge in [-0.2, -0.15) is 4.73 Å². The molecule has 0 saturated carbocycles. The van der Waals surface area contributed by atoms with Gasteiger partial charge in [-0.25, -0.2) is 9.78 Å². The molecule has 3 rings (SSSR count). The molecule has 0 spiro atoms. The van der Waals surface area contributed by atoms with Crippen LogP contribution in [0.4, 0.5) is 0 Å². The summed E-state index contributed by atoms with van der Waals surface area (Å²) in [5.74, 6) is -1.76. The number of nitrogens with zero attached hydrogens (tertiary/aromatic N) is 3. The van der Waals surface area contributed by atoms with Crippen molar-refractivity contribution in [1.82, 2.24) is 9.55 Å². The smallest absolute Gasteiger partial charge is 0.356 e. The first-order valence-corrected chi connectivity index (χ1v) is 10.8. The van der Waals surface area contributed by atoms with Crippen LogP contribution in [0.3, 0.4) is 0 Å². The molecule has 0 radical (unpaired) electrons. The molecule has 2 heterocycles. The largest absolute Gasteiger partial charge is 0.618 e. The number of aromatic nitrogens is 3. The van der Waals surface area contributed by atoms with Gasteiger partial charge in [-0.1, -0.05) is 29.3 Å². The summed E-state index contributed by atoms with van der Waals surface area (Å²) in [7, 11) is 0. The lowest BCUT2D eigenvalue weighted by Gasteiger charge is -2.22. The summed E-state index contributed by atoms with van der Waals surface area (Å²) < 4.78 is 2.87. The Morgan fingerprint density at radius 2 is 1.93 bits per heavy atom. The molecule has 2 aromatic heterocycles. The molecule has 1 unspecified atom stereocenters. The summed E-state index contributed by atoms with van der Waals surface area (Å²) in [6, 6.07) is 8.68. The molecule has 0 aliphatic rings. The highest BCUT2D eigenvalue weighted by Gasteiger charge is 2.34. The summed E-state index contributed by atoms with van der Waals surface area (Å²) >= 11 is 15.6. The Morgan fingerprint density at radius 3 is 2.53 bits per heavy atom. The van der Waals surface area contributed by atoms with Crippen LogP contribution >= 0.6 is 39.1 Å². The highest BCUT2D eigenvalue weighted by atomic mass is 79.9. The van der Waals surface area contributed by atoms with Gasteiger partial charge in [0, 0.05) is 17.1 Å². The third-order valence-corrected chi connectivity index (χ3v) is 5.97. The Balaban J connectivity index is 2.30. The molecule has 0 saturated heterocycles. The molecule has 1 N–H and O–H groups in total. The zero-order valence-corrected chi connectivity index (χ0v) is 19.7. The van der Waals surface area contributed by atoms with Gasteiger partial charge in [0.15, 0.2) is 16.6 Å². The molecule has 0 fully saturated rings. The van der Waals surface area contributed by atoms with Crippen LogP contribution in [-0.4, -0.2) is 20.6 Å². The van der Waals surface area contributed by atoms with Crippen LogP contribution in [0.2, 0.25) is 10.0 Å². The van der Waals surface area contributed by atoms with Crippen LogP contribution in [0.25, 0.3) is 0 Å². The van der Waals surface area contributed by atoms with E-state index in [1.54, 1.807) is 22.8 Å². The van der Waals surface area contributed by atoms with Crippen molar-refractivity contribution >= 4 is 45.1 Å². The molecular formula is C21H20BrCl2N3O3. The van der Waals surface area contributed by atoms with Crippen molar-refractivity contribution in [3.05, 3.63) is 84.7 Å². The maximum atomic E-state index is 12.8. The van der Waals surface area contributed by atoms with Gasteiger partial charge in [0.2, 0.25) is 5.69 Å². The van der Waals surface area contributed by atoms with E-state index in [2.05, 4.69) is 20.9 Å². The topological polar surface area (TPSA) is 82.1 Å². The SMILES string of the molecule is Cc1ccc(Cl)cc1CC(c1c(C(=O)O)nc(Br)n1C(C)C)c1ccc(Cl)c[n+]1[O-]. The minimum Gasteiger partial charge on any atom is -0.618 e. The molecule has 6 nitrogen and oxygen atoms in total. The predicted octanol–water partition coefficient (Wildman–Crippen LogP) is 5.55. The minimum absolute atomic E-state index is 0.0923. The number of carboxylic acids is 1. The molecule has 158 valence electrons. The summed E-state index contributed by atoms with van der Waals surface area (Å²) in [6.07, 6.45) is 1.63. The van der Waals surface area contributed by atoms with E-state index in [0.29, 0.717) is 37.3 Å². The Bertz CT molecular complexity index is 1120. The van der Waals surface area contributed by atoms with Gasteiger partial charge < -0.3 is 14.9 Å². The number of benzene rings is 1. The Hall–Kier alpha value is -2.09. The van der Waals surface area contributed by atoms with Gasteiger partial charge in [-0.15, -0.1) is 0 Å². The number of pyridine rings is 1. The lowest BCUT2D eigenvalue weighted by Crippen LogP contribution is -2.35. The van der Waals surface area contributed by atoms with Crippen molar-refractivity contribution < 1.29 is 14.6 Å². The van der Waals surface area contributed by atoms with Crippen LogP contribution in [-0.2, 0) is 6.42 Å². The van der Waals surface area contributed by atoms with Crippen LogP contribution in [0, 0.1) is 12.1 Å². The normalized spacial score (nSPS) is 12.4. The number of aromatic carboxylic acids is 1. The summed E-state index contributed by atoms with van der Waals surface area (Å²) in [5, 5.41) is 23.5. The van der Waals surface area contributed by atoms with Crippen molar-refractivity contribution in [3.63, 3.8) is 0 Å². The van der Waals surface area contributed by atoms with Crippen molar-refractivity contribution in [1.29, 1.82) is 0 Å². The van der Waals surface area contributed by atoms with E-state index < -0.39 is 11.9 Å². The molecule has 3 aromatic rings. The van der Waals surface area contributed by atoms with Gasteiger partial charge in [0.1, 0.15) is 5.02 Å². The van der Waals surface area contributed by atoms with Crippen molar-refractivity contribution in [3.8, 4) is 0 Å². The number of rotatable bonds is 6. The van der Waals surface area contributed by atoms with Gasteiger partial charge in [-0.05, 0) is 72.4 Å². The molecule has 1 atom stereocenters. The lowest BCUT2D eigenvalue weighted by atomic mass is 9.89. The van der Waals surface area contributed by atoms with Crippen molar-refractivity contribution in [2.45, 2.75) is 39.2 Å².